The van der Waals surface area contributed by atoms with Gasteiger partial charge in [0.05, 0.1) is 26.9 Å². The van der Waals surface area contributed by atoms with Crippen LogP contribution in [0.5, 0.6) is 17.2 Å². The van der Waals surface area contributed by atoms with Crippen molar-refractivity contribution in [1.82, 2.24) is 10.9 Å². The van der Waals surface area contributed by atoms with E-state index in [1.165, 1.54) is 33.5 Å². The molecule has 0 radical (unpaired) electrons. The van der Waals surface area contributed by atoms with E-state index in [4.69, 9.17) is 26.4 Å². The molecule has 3 N–H and O–H groups in total. The summed E-state index contributed by atoms with van der Waals surface area (Å²) in [7, 11) is 4.54. The lowest BCUT2D eigenvalue weighted by Gasteiger charge is -2.16. The third-order valence-corrected chi connectivity index (χ3v) is 3.87. The summed E-state index contributed by atoms with van der Waals surface area (Å²) >= 11 is 5.09. The molecular formula is C18H20F3N3O3S. The molecule has 0 aliphatic heterocycles. The maximum absolute atomic E-state index is 12.8. The SMILES string of the molecule is COc1cc(CNNC(=S)Nc2cccc(C(F)(F)F)c2)cc(OC)c1OC. The molecule has 0 aromatic heterocycles. The highest BCUT2D eigenvalue weighted by Gasteiger charge is 2.30. The first-order valence-electron chi connectivity index (χ1n) is 8.04. The number of alkyl halides is 3. The number of benzene rings is 2. The summed E-state index contributed by atoms with van der Waals surface area (Å²) < 4.78 is 54.1. The van der Waals surface area contributed by atoms with Gasteiger partial charge in [-0.05, 0) is 48.1 Å². The minimum Gasteiger partial charge on any atom is -0.493 e. The van der Waals surface area contributed by atoms with E-state index in [9.17, 15) is 13.2 Å². The van der Waals surface area contributed by atoms with Crippen molar-refractivity contribution in [3.05, 3.63) is 47.5 Å². The zero-order valence-corrected chi connectivity index (χ0v) is 16.3. The Kier molecular flexibility index (Phi) is 7.30. The fourth-order valence-corrected chi connectivity index (χ4v) is 2.59. The lowest BCUT2D eigenvalue weighted by Crippen LogP contribution is -2.39. The van der Waals surface area contributed by atoms with Crippen molar-refractivity contribution in [2.24, 2.45) is 0 Å². The standard InChI is InChI=1S/C18H20F3N3O3S/c1-25-14-7-11(8-15(26-2)16(14)27-3)10-22-24-17(28)23-13-6-4-5-12(9-13)18(19,20)21/h4-9,22H,10H2,1-3H3,(H2,23,24,28). The molecule has 0 aliphatic carbocycles. The molecule has 0 aliphatic rings. The topological polar surface area (TPSA) is 63.8 Å². The highest BCUT2D eigenvalue weighted by Crippen LogP contribution is 2.38. The molecule has 0 atom stereocenters. The average Bonchev–Trinajstić information content (AvgIpc) is 2.66. The van der Waals surface area contributed by atoms with Crippen molar-refractivity contribution >= 4 is 23.0 Å². The molecular weight excluding hydrogens is 395 g/mol. The van der Waals surface area contributed by atoms with Crippen LogP contribution in [0, 0.1) is 0 Å². The Morgan fingerprint density at radius 1 is 1.00 bits per heavy atom. The van der Waals surface area contributed by atoms with Crippen molar-refractivity contribution in [3.8, 4) is 17.2 Å². The van der Waals surface area contributed by atoms with Gasteiger partial charge in [0.1, 0.15) is 0 Å². The number of hydrazine groups is 1. The molecule has 10 heteroatoms. The Labute approximate surface area is 165 Å². The van der Waals surface area contributed by atoms with Crippen LogP contribution in [-0.4, -0.2) is 26.4 Å². The number of methoxy groups -OCH3 is 3. The minimum absolute atomic E-state index is 0.117. The van der Waals surface area contributed by atoms with Crippen LogP contribution in [0.2, 0.25) is 0 Å². The first-order valence-corrected chi connectivity index (χ1v) is 8.45. The fourth-order valence-electron chi connectivity index (χ4n) is 2.40. The number of hydrogen-bond donors (Lipinski definition) is 3. The molecule has 0 unspecified atom stereocenters. The molecule has 2 rings (SSSR count). The number of nitrogens with one attached hydrogen (secondary N) is 3. The summed E-state index contributed by atoms with van der Waals surface area (Å²) in [4.78, 5) is 0. The van der Waals surface area contributed by atoms with E-state index in [1.807, 2.05) is 0 Å². The van der Waals surface area contributed by atoms with E-state index in [-0.39, 0.29) is 10.8 Å². The van der Waals surface area contributed by atoms with Crippen molar-refractivity contribution in [2.75, 3.05) is 26.6 Å². The first-order chi connectivity index (χ1) is 13.3. The van der Waals surface area contributed by atoms with Crippen LogP contribution < -0.4 is 30.4 Å². The second-order valence-corrected chi connectivity index (χ2v) is 5.95. The Morgan fingerprint density at radius 2 is 1.64 bits per heavy atom. The van der Waals surface area contributed by atoms with Gasteiger partial charge in [0.25, 0.3) is 0 Å². The van der Waals surface area contributed by atoms with E-state index >= 15 is 0 Å². The molecule has 0 amide bonds. The molecule has 0 heterocycles. The van der Waals surface area contributed by atoms with Crippen molar-refractivity contribution in [1.29, 1.82) is 0 Å². The Hall–Kier alpha value is -2.72. The largest absolute Gasteiger partial charge is 0.493 e. The molecule has 0 saturated heterocycles. The molecule has 2 aromatic carbocycles. The predicted molar refractivity (Wildman–Crippen MR) is 104 cm³/mol. The summed E-state index contributed by atoms with van der Waals surface area (Å²) in [6.45, 7) is 0.334. The van der Waals surface area contributed by atoms with Gasteiger partial charge >= 0.3 is 6.18 Å². The van der Waals surface area contributed by atoms with Crippen LogP contribution in [0.1, 0.15) is 11.1 Å². The Morgan fingerprint density at radius 3 is 2.18 bits per heavy atom. The Bertz CT molecular complexity index is 806. The van der Waals surface area contributed by atoms with Crippen molar-refractivity contribution in [2.45, 2.75) is 12.7 Å². The van der Waals surface area contributed by atoms with Gasteiger partial charge in [0, 0.05) is 12.2 Å². The van der Waals surface area contributed by atoms with Crippen LogP contribution in [0.4, 0.5) is 18.9 Å². The molecule has 2 aromatic rings. The summed E-state index contributed by atoms with van der Waals surface area (Å²) in [6, 6.07) is 8.29. The van der Waals surface area contributed by atoms with Gasteiger partial charge in [-0.2, -0.15) is 13.2 Å². The van der Waals surface area contributed by atoms with Crippen molar-refractivity contribution in [3.63, 3.8) is 0 Å². The van der Waals surface area contributed by atoms with Gasteiger partial charge in [0.15, 0.2) is 16.6 Å². The van der Waals surface area contributed by atoms with Gasteiger partial charge < -0.3 is 19.5 Å². The zero-order valence-electron chi connectivity index (χ0n) is 15.4. The quantitative estimate of drug-likeness (QED) is 0.471. The van der Waals surface area contributed by atoms with Crippen LogP contribution in [0.15, 0.2) is 36.4 Å². The van der Waals surface area contributed by atoms with Crippen LogP contribution in [-0.2, 0) is 12.7 Å². The number of rotatable bonds is 7. The fraction of sp³-hybridized carbons (Fsp3) is 0.278. The molecule has 0 saturated carbocycles. The third kappa shape index (κ3) is 5.64. The normalized spacial score (nSPS) is 10.9. The van der Waals surface area contributed by atoms with Gasteiger partial charge in [-0.1, -0.05) is 6.07 Å². The number of halogens is 3. The Balaban J connectivity index is 1.96. The van der Waals surface area contributed by atoms with Crippen molar-refractivity contribution < 1.29 is 27.4 Å². The number of thiocarbonyl (C=S) groups is 1. The number of hydrogen-bond acceptors (Lipinski definition) is 5. The summed E-state index contributed by atoms with van der Waals surface area (Å²) in [5, 5.41) is 2.81. The zero-order chi connectivity index (χ0) is 20.7. The molecule has 0 spiro atoms. The van der Waals surface area contributed by atoms with Crippen LogP contribution in [0.25, 0.3) is 0 Å². The molecule has 28 heavy (non-hydrogen) atoms. The van der Waals surface area contributed by atoms with Crippen LogP contribution >= 0.6 is 12.2 Å². The van der Waals surface area contributed by atoms with E-state index in [2.05, 4.69) is 16.2 Å². The maximum atomic E-state index is 12.8. The van der Waals surface area contributed by atoms with E-state index in [0.29, 0.717) is 23.8 Å². The molecule has 6 nitrogen and oxygen atoms in total. The molecule has 152 valence electrons. The van der Waals surface area contributed by atoms with E-state index in [0.717, 1.165) is 17.7 Å². The van der Waals surface area contributed by atoms with Crippen LogP contribution in [0.3, 0.4) is 0 Å². The molecule has 0 fully saturated rings. The monoisotopic (exact) mass is 415 g/mol. The van der Waals surface area contributed by atoms with Gasteiger partial charge in [-0.15, -0.1) is 0 Å². The lowest BCUT2D eigenvalue weighted by molar-refractivity contribution is -0.137. The highest BCUT2D eigenvalue weighted by molar-refractivity contribution is 7.80. The van der Waals surface area contributed by atoms with E-state index < -0.39 is 11.7 Å². The van der Waals surface area contributed by atoms with E-state index in [1.54, 1.807) is 12.1 Å². The maximum Gasteiger partial charge on any atom is 0.416 e. The second-order valence-electron chi connectivity index (χ2n) is 5.54. The summed E-state index contributed by atoms with van der Waals surface area (Å²) in [5.74, 6) is 1.48. The van der Waals surface area contributed by atoms with Gasteiger partial charge in [-0.25, -0.2) is 5.43 Å². The lowest BCUT2D eigenvalue weighted by atomic mass is 10.2. The first kappa shape index (κ1) is 21.6. The molecule has 0 bridgehead atoms. The van der Waals surface area contributed by atoms with Gasteiger partial charge in [-0.3, -0.25) is 5.43 Å². The summed E-state index contributed by atoms with van der Waals surface area (Å²) in [5.41, 5.74) is 5.87. The van der Waals surface area contributed by atoms with Gasteiger partial charge in [0.2, 0.25) is 5.75 Å². The minimum atomic E-state index is -4.42. The predicted octanol–water partition coefficient (Wildman–Crippen LogP) is 3.72. The average molecular weight is 415 g/mol. The number of anilines is 1. The summed E-state index contributed by atoms with van der Waals surface area (Å²) in [6.07, 6.45) is -4.42. The third-order valence-electron chi connectivity index (χ3n) is 3.67. The second kappa shape index (κ2) is 9.47. The number of ether oxygens (including phenoxy) is 3. The highest BCUT2D eigenvalue weighted by atomic mass is 32.1. The smallest absolute Gasteiger partial charge is 0.416 e.